The number of hydrogen-bond acceptors (Lipinski definition) is 34. The molecule has 0 aromatic rings. The van der Waals surface area contributed by atoms with Crippen LogP contribution in [0.4, 0.5) is 0 Å². The summed E-state index contributed by atoms with van der Waals surface area (Å²) in [6.45, 7) is -0.370. The van der Waals surface area contributed by atoms with Gasteiger partial charge in [-0.2, -0.15) is 0 Å². The number of aliphatic hydroxyl groups excluding tert-OH is 19. The standard InChI is InChI=1S/C46H78N2O34/c1-10-21(55)29(63)32(66)43(71-10)81-38-36(27(61)18(73-40(38)69)9-70-41-19(47-12(3)53)28(62)23(57)14(5-49)74-41)80-46-39(82-44-33(67)30(64)22(56)11(2)72-44)37(26(60)17(8-52)77-46)79-42-20(48-13(4)54)35(25(59)16(7-51)75-42)78-45-34(68)31(65)24(58)15(6-50)76-45/h10-11,14-46,49-52,55-69H,5-9H2,1-4H3,(H,47,53)(H,48,54)/t10-,11-,14+,15+,16+,17+,18+,19+,20+,21+,22+,23+,24-,25-,26-,27-,28+,29+,30+,31-,32-,33-,34+,35+,36-,37-,38+,39+,40+,41+,42+,43-,44-,45+,46-/m0/s1. The summed E-state index contributed by atoms with van der Waals surface area (Å²) in [5, 5.41) is 212. The van der Waals surface area contributed by atoms with Crippen LogP contribution in [0.15, 0.2) is 0 Å². The maximum Gasteiger partial charge on any atom is 0.217 e. The summed E-state index contributed by atoms with van der Waals surface area (Å²) < 4.78 is 76.7. The maximum absolute atomic E-state index is 13.0. The second-order valence-electron chi connectivity index (χ2n) is 21.0. The number of hydrogen-bond donors (Lipinski definition) is 21. The third kappa shape index (κ3) is 14.3. The first-order valence-electron chi connectivity index (χ1n) is 26.3. The first-order valence-corrected chi connectivity index (χ1v) is 26.3. The molecule has 0 bridgehead atoms. The van der Waals surface area contributed by atoms with Crippen LogP contribution in [0, 0.1) is 0 Å². The summed E-state index contributed by atoms with van der Waals surface area (Å²) >= 11 is 0. The molecular weight excluding hydrogens is 1120 g/mol. The molecule has 0 aromatic carbocycles. The highest BCUT2D eigenvalue weighted by Gasteiger charge is 2.59. The molecule has 36 heteroatoms. The number of amides is 2. The Balaban J connectivity index is 1.28. The predicted molar refractivity (Wildman–Crippen MR) is 252 cm³/mol. The van der Waals surface area contributed by atoms with Gasteiger partial charge in [-0.25, -0.2) is 0 Å². The van der Waals surface area contributed by atoms with Gasteiger partial charge in [-0.3, -0.25) is 9.59 Å². The number of carbonyl (C=O) groups is 2. The molecular formula is C46H78N2O34. The molecule has 7 saturated heterocycles. The van der Waals surface area contributed by atoms with Gasteiger partial charge >= 0.3 is 0 Å². The minimum absolute atomic E-state index is 0.746. The van der Waals surface area contributed by atoms with Crippen molar-refractivity contribution in [1.82, 2.24) is 10.6 Å². The lowest BCUT2D eigenvalue weighted by atomic mass is 9.94. The van der Waals surface area contributed by atoms with Crippen molar-refractivity contribution in [1.29, 1.82) is 0 Å². The SMILES string of the molecule is CC(=O)N[C@H]1[C@H](OC[C@H]2O[C@@H](O)[C@H](O[C@@H]3O[C@@H](C)[C@@H](O)[C@@H](O)[C@@H]3O)[C@@H](O[C@@H]3O[C@H](CO)[C@H](O)[C@H](O[C@H]4O[C@H](CO)[C@H](O)[C@H](O[C@H]5O[C@H](CO)[C@H](O)[C@H](O)[C@H]5O)[C@H]4NC(C)=O)[C@H]3O[C@@H]3O[C@@H](C)[C@@H](O)[C@@H](O)[C@@H]3O)[C@H]2O)O[C@H](CO)[C@@H](O)[C@@H]1O. The predicted octanol–water partition coefficient (Wildman–Crippen LogP) is -13.9. The van der Waals surface area contributed by atoms with Crippen molar-refractivity contribution >= 4 is 11.8 Å². The van der Waals surface area contributed by atoms with Gasteiger partial charge in [-0.05, 0) is 13.8 Å². The summed E-state index contributed by atoms with van der Waals surface area (Å²) in [4.78, 5) is 25.1. The van der Waals surface area contributed by atoms with E-state index in [0.29, 0.717) is 0 Å². The average molecular weight is 1200 g/mol. The molecule has 2 amide bonds. The van der Waals surface area contributed by atoms with Crippen molar-refractivity contribution in [3.05, 3.63) is 0 Å². The molecule has 0 unspecified atom stereocenters. The first kappa shape index (κ1) is 67.2. The van der Waals surface area contributed by atoms with Crippen molar-refractivity contribution in [2.45, 2.75) is 243 Å². The Morgan fingerprint density at radius 3 is 1.21 bits per heavy atom. The summed E-state index contributed by atoms with van der Waals surface area (Å²) in [6, 6.07) is -3.41. The Bertz CT molecular complexity index is 2030. The van der Waals surface area contributed by atoms with Crippen LogP contribution in [-0.2, 0) is 71.2 Å². The minimum Gasteiger partial charge on any atom is -0.394 e. The molecule has 7 aliphatic rings. The van der Waals surface area contributed by atoms with Crippen LogP contribution in [0.3, 0.4) is 0 Å². The number of ether oxygens (including phenoxy) is 13. The topological polar surface area (TPSA) is 563 Å². The summed E-state index contributed by atoms with van der Waals surface area (Å²) in [6.07, 6.45) is -64.3. The van der Waals surface area contributed by atoms with E-state index < -0.39 is 260 Å². The third-order valence-electron chi connectivity index (χ3n) is 15.3. The molecule has 0 aliphatic carbocycles. The fourth-order valence-corrected chi connectivity index (χ4v) is 10.5. The van der Waals surface area contributed by atoms with Crippen LogP contribution in [0.5, 0.6) is 0 Å². The van der Waals surface area contributed by atoms with E-state index in [-0.39, 0.29) is 0 Å². The lowest BCUT2D eigenvalue weighted by molar-refractivity contribution is -0.412. The van der Waals surface area contributed by atoms with Crippen molar-refractivity contribution in [3.8, 4) is 0 Å². The quantitative estimate of drug-likeness (QED) is 0.0571. The van der Waals surface area contributed by atoms with E-state index in [9.17, 15) is 107 Å². The molecule has 36 nitrogen and oxygen atoms in total. The Labute approximate surface area is 465 Å². The number of nitrogens with one attached hydrogen (secondary N) is 2. The molecule has 35 atom stereocenters. The van der Waals surface area contributed by atoms with Gasteiger partial charge in [-0.15, -0.1) is 0 Å². The zero-order valence-corrected chi connectivity index (χ0v) is 44.4. The molecule has 0 radical (unpaired) electrons. The van der Waals surface area contributed by atoms with Crippen molar-refractivity contribution in [3.63, 3.8) is 0 Å². The summed E-state index contributed by atoms with van der Waals surface area (Å²) in [5.74, 6) is -1.65. The maximum atomic E-state index is 13.0. The molecule has 0 aromatic heterocycles. The van der Waals surface area contributed by atoms with Gasteiger partial charge < -0.3 is 169 Å². The van der Waals surface area contributed by atoms with Crippen LogP contribution in [-0.4, -0.2) is 357 Å². The van der Waals surface area contributed by atoms with E-state index in [0.717, 1.165) is 13.8 Å². The van der Waals surface area contributed by atoms with Gasteiger partial charge in [0.1, 0.15) is 159 Å². The zero-order chi connectivity index (χ0) is 60.5. The van der Waals surface area contributed by atoms with Crippen LogP contribution in [0.1, 0.15) is 27.7 Å². The number of rotatable bonds is 19. The van der Waals surface area contributed by atoms with Gasteiger partial charge in [0, 0.05) is 13.8 Å². The van der Waals surface area contributed by atoms with Gasteiger partial charge in [0.15, 0.2) is 44.0 Å². The summed E-state index contributed by atoms with van der Waals surface area (Å²) in [7, 11) is 0. The van der Waals surface area contributed by atoms with E-state index in [1.807, 2.05) is 0 Å². The lowest BCUT2D eigenvalue weighted by Gasteiger charge is -2.52. The Morgan fingerprint density at radius 2 is 0.695 bits per heavy atom. The zero-order valence-electron chi connectivity index (χ0n) is 44.4. The van der Waals surface area contributed by atoms with E-state index >= 15 is 0 Å². The van der Waals surface area contributed by atoms with E-state index in [4.69, 9.17) is 61.6 Å². The second-order valence-corrected chi connectivity index (χ2v) is 21.0. The van der Waals surface area contributed by atoms with Gasteiger partial charge in [0.25, 0.3) is 0 Å². The average Bonchev–Trinajstić information content (AvgIpc) is 2.71. The number of carbonyl (C=O) groups excluding carboxylic acids is 2. The van der Waals surface area contributed by atoms with Crippen molar-refractivity contribution in [2.24, 2.45) is 0 Å². The fourth-order valence-electron chi connectivity index (χ4n) is 10.5. The number of aliphatic hydroxyl groups is 19. The summed E-state index contributed by atoms with van der Waals surface area (Å²) in [5.41, 5.74) is 0. The molecule has 7 aliphatic heterocycles. The van der Waals surface area contributed by atoms with Crippen LogP contribution < -0.4 is 10.6 Å². The van der Waals surface area contributed by atoms with E-state index in [1.54, 1.807) is 0 Å². The minimum atomic E-state index is -2.35. The molecule has 7 rings (SSSR count). The molecule has 21 N–H and O–H groups in total. The fraction of sp³-hybridized carbons (Fsp3) is 0.957. The molecule has 476 valence electrons. The Morgan fingerprint density at radius 1 is 0.341 bits per heavy atom. The van der Waals surface area contributed by atoms with Crippen molar-refractivity contribution in [2.75, 3.05) is 33.0 Å². The monoisotopic (exact) mass is 1200 g/mol. The first-order chi connectivity index (χ1) is 38.7. The second kappa shape index (κ2) is 28.7. The van der Waals surface area contributed by atoms with Crippen LogP contribution in [0.2, 0.25) is 0 Å². The van der Waals surface area contributed by atoms with Crippen molar-refractivity contribution < 1.29 is 168 Å². The largest absolute Gasteiger partial charge is 0.394 e. The smallest absolute Gasteiger partial charge is 0.217 e. The lowest BCUT2D eigenvalue weighted by Crippen LogP contribution is -2.71. The molecule has 82 heavy (non-hydrogen) atoms. The van der Waals surface area contributed by atoms with E-state index in [2.05, 4.69) is 10.6 Å². The highest BCUT2D eigenvalue weighted by molar-refractivity contribution is 5.73. The van der Waals surface area contributed by atoms with E-state index in [1.165, 1.54) is 13.8 Å². The van der Waals surface area contributed by atoms with Crippen LogP contribution in [0.25, 0.3) is 0 Å². The highest BCUT2D eigenvalue weighted by atomic mass is 16.8. The van der Waals surface area contributed by atoms with Gasteiger partial charge in [0.2, 0.25) is 11.8 Å². The Kier molecular flexibility index (Phi) is 23.5. The molecule has 0 saturated carbocycles. The Hall–Kier alpha value is -2.34. The van der Waals surface area contributed by atoms with Crippen LogP contribution >= 0.6 is 0 Å². The van der Waals surface area contributed by atoms with Gasteiger partial charge in [0.05, 0.1) is 45.2 Å². The van der Waals surface area contributed by atoms with Gasteiger partial charge in [-0.1, -0.05) is 0 Å². The normalized spacial score (nSPS) is 51.3. The highest BCUT2D eigenvalue weighted by Crippen LogP contribution is 2.39. The molecule has 7 fully saturated rings. The molecule has 0 spiro atoms. The third-order valence-corrected chi connectivity index (χ3v) is 15.3. The molecule has 7 heterocycles.